The van der Waals surface area contributed by atoms with Gasteiger partial charge in [-0.2, -0.15) is 0 Å². The molecule has 168 valence electrons. The van der Waals surface area contributed by atoms with Crippen molar-refractivity contribution < 1.29 is 14.4 Å². The number of pyridine rings is 1. The maximum atomic E-state index is 13.0. The lowest BCUT2D eigenvalue weighted by molar-refractivity contribution is 0.102. The van der Waals surface area contributed by atoms with Gasteiger partial charge in [-0.25, -0.2) is 0 Å². The van der Waals surface area contributed by atoms with Gasteiger partial charge in [0.25, 0.3) is 0 Å². The normalized spacial score (nSPS) is 10.5. The van der Waals surface area contributed by atoms with E-state index < -0.39 is 0 Å². The van der Waals surface area contributed by atoms with Crippen LogP contribution in [0.1, 0.15) is 54.8 Å². The van der Waals surface area contributed by atoms with Gasteiger partial charge < -0.3 is 4.90 Å². The van der Waals surface area contributed by atoms with E-state index in [4.69, 9.17) is 0 Å². The van der Waals surface area contributed by atoms with Gasteiger partial charge in [0.15, 0.2) is 12.1 Å². The first kappa shape index (κ1) is 22.8. The Labute approximate surface area is 198 Å². The standard InChI is InChI=1S/C29H24N2O3/c1-3-20-9-12-24(13-10-20)31(2)25-14-16-27(30-18-25)29(34)22-11-15-26(23(17-22)19-32)28(33)21-7-5-4-6-8-21/h4-19H,3H2,1-2H3. The number of aldehydes is 1. The topological polar surface area (TPSA) is 67.3 Å². The number of anilines is 2. The molecule has 4 aromatic rings. The van der Waals surface area contributed by atoms with E-state index in [2.05, 4.69) is 36.2 Å². The van der Waals surface area contributed by atoms with Crippen LogP contribution < -0.4 is 4.90 Å². The Bertz CT molecular complexity index is 1330. The Kier molecular flexibility index (Phi) is 6.74. The van der Waals surface area contributed by atoms with Crippen LogP contribution in [0, 0.1) is 0 Å². The lowest BCUT2D eigenvalue weighted by atomic mass is 9.95. The van der Waals surface area contributed by atoms with Gasteiger partial charge in [-0.05, 0) is 48.4 Å². The zero-order valence-electron chi connectivity index (χ0n) is 19.1. The summed E-state index contributed by atoms with van der Waals surface area (Å²) in [6.07, 6.45) is 3.23. The molecule has 3 aromatic carbocycles. The molecule has 1 aromatic heterocycles. The van der Waals surface area contributed by atoms with E-state index in [0.717, 1.165) is 17.8 Å². The maximum Gasteiger partial charge on any atom is 0.211 e. The minimum absolute atomic E-state index is 0.173. The average Bonchev–Trinajstić information content (AvgIpc) is 2.92. The molecule has 0 spiro atoms. The van der Waals surface area contributed by atoms with Crippen LogP contribution in [0.4, 0.5) is 11.4 Å². The van der Waals surface area contributed by atoms with Crippen molar-refractivity contribution in [2.24, 2.45) is 0 Å². The number of nitrogens with zero attached hydrogens (tertiary/aromatic N) is 2. The molecule has 4 rings (SSSR count). The van der Waals surface area contributed by atoms with Gasteiger partial charge in [-0.1, -0.05) is 55.5 Å². The van der Waals surface area contributed by atoms with E-state index >= 15 is 0 Å². The molecular weight excluding hydrogens is 424 g/mol. The van der Waals surface area contributed by atoms with E-state index in [0.29, 0.717) is 17.4 Å². The number of hydrogen-bond donors (Lipinski definition) is 0. The Morgan fingerprint density at radius 2 is 1.53 bits per heavy atom. The Hall–Kier alpha value is -4.38. The molecule has 34 heavy (non-hydrogen) atoms. The Morgan fingerprint density at radius 1 is 0.824 bits per heavy atom. The fourth-order valence-electron chi connectivity index (χ4n) is 3.72. The molecule has 0 aliphatic rings. The van der Waals surface area contributed by atoms with Crippen LogP contribution in [0.2, 0.25) is 0 Å². The highest BCUT2D eigenvalue weighted by Gasteiger charge is 2.18. The monoisotopic (exact) mass is 448 g/mol. The molecule has 0 amide bonds. The lowest BCUT2D eigenvalue weighted by Crippen LogP contribution is -2.12. The first-order valence-corrected chi connectivity index (χ1v) is 11.0. The zero-order valence-corrected chi connectivity index (χ0v) is 19.1. The van der Waals surface area contributed by atoms with Crippen LogP contribution in [-0.2, 0) is 6.42 Å². The second-order valence-corrected chi connectivity index (χ2v) is 7.92. The highest BCUT2D eigenvalue weighted by molar-refractivity contribution is 6.14. The van der Waals surface area contributed by atoms with Crippen LogP contribution in [0.25, 0.3) is 0 Å². The third-order valence-corrected chi connectivity index (χ3v) is 5.82. The van der Waals surface area contributed by atoms with Crippen molar-refractivity contribution in [3.63, 3.8) is 0 Å². The zero-order chi connectivity index (χ0) is 24.1. The molecule has 0 saturated carbocycles. The second kappa shape index (κ2) is 10.0. The molecule has 0 bridgehead atoms. The van der Waals surface area contributed by atoms with Gasteiger partial charge in [0.2, 0.25) is 5.78 Å². The summed E-state index contributed by atoms with van der Waals surface area (Å²) in [5.41, 5.74) is 4.61. The van der Waals surface area contributed by atoms with Crippen molar-refractivity contribution >= 4 is 29.2 Å². The third-order valence-electron chi connectivity index (χ3n) is 5.82. The SMILES string of the molecule is CCc1ccc(N(C)c2ccc(C(=O)c3ccc(C(=O)c4ccccc4)c(C=O)c3)nc2)cc1. The molecule has 0 radical (unpaired) electrons. The molecule has 0 atom stereocenters. The molecule has 5 heteroatoms. The lowest BCUT2D eigenvalue weighted by Gasteiger charge is -2.19. The third kappa shape index (κ3) is 4.69. The summed E-state index contributed by atoms with van der Waals surface area (Å²) in [6, 6.07) is 25.0. The van der Waals surface area contributed by atoms with Crippen molar-refractivity contribution in [3.8, 4) is 0 Å². The quantitative estimate of drug-likeness (QED) is 0.256. The van der Waals surface area contributed by atoms with Crippen molar-refractivity contribution in [2.75, 3.05) is 11.9 Å². The van der Waals surface area contributed by atoms with E-state index in [1.165, 1.54) is 17.7 Å². The summed E-state index contributed by atoms with van der Waals surface area (Å²) in [6.45, 7) is 2.12. The molecular formula is C29H24N2O3. The van der Waals surface area contributed by atoms with E-state index in [-0.39, 0.29) is 28.4 Å². The fraction of sp³-hybridized carbons (Fsp3) is 0.103. The van der Waals surface area contributed by atoms with Gasteiger partial charge in [0.1, 0.15) is 5.69 Å². The van der Waals surface area contributed by atoms with Crippen LogP contribution in [0.3, 0.4) is 0 Å². The van der Waals surface area contributed by atoms with Crippen LogP contribution in [0.5, 0.6) is 0 Å². The summed E-state index contributed by atoms with van der Waals surface area (Å²) in [5, 5.41) is 0. The van der Waals surface area contributed by atoms with Crippen LogP contribution >= 0.6 is 0 Å². The predicted molar refractivity (Wildman–Crippen MR) is 133 cm³/mol. The van der Waals surface area contributed by atoms with E-state index in [1.807, 2.05) is 24.1 Å². The van der Waals surface area contributed by atoms with Crippen molar-refractivity contribution in [1.29, 1.82) is 0 Å². The van der Waals surface area contributed by atoms with Gasteiger partial charge in [-0.15, -0.1) is 0 Å². The number of carbonyl (C=O) groups excluding carboxylic acids is 3. The number of aryl methyl sites for hydroxylation is 1. The summed E-state index contributed by atoms with van der Waals surface area (Å²) < 4.78 is 0. The number of ketones is 2. The van der Waals surface area contributed by atoms with Gasteiger partial charge in [0.05, 0.1) is 11.9 Å². The first-order valence-electron chi connectivity index (χ1n) is 11.0. The Morgan fingerprint density at radius 3 is 2.15 bits per heavy atom. The second-order valence-electron chi connectivity index (χ2n) is 7.92. The molecule has 5 nitrogen and oxygen atoms in total. The highest BCUT2D eigenvalue weighted by Crippen LogP contribution is 2.24. The van der Waals surface area contributed by atoms with Crippen molar-refractivity contribution in [1.82, 2.24) is 4.98 Å². The first-order chi connectivity index (χ1) is 16.5. The molecule has 0 N–H and O–H groups in total. The molecule has 0 aliphatic heterocycles. The largest absolute Gasteiger partial charge is 0.343 e. The fourth-order valence-corrected chi connectivity index (χ4v) is 3.72. The van der Waals surface area contributed by atoms with Crippen molar-refractivity contribution in [2.45, 2.75) is 13.3 Å². The number of benzene rings is 3. The maximum absolute atomic E-state index is 13.0. The molecule has 0 saturated heterocycles. The number of hydrogen-bond acceptors (Lipinski definition) is 5. The van der Waals surface area contributed by atoms with Crippen LogP contribution in [0.15, 0.2) is 91.1 Å². The molecule has 1 heterocycles. The summed E-state index contributed by atoms with van der Waals surface area (Å²) in [4.78, 5) is 43.8. The summed E-state index contributed by atoms with van der Waals surface area (Å²) in [5.74, 6) is -0.581. The smallest absolute Gasteiger partial charge is 0.211 e. The summed E-state index contributed by atoms with van der Waals surface area (Å²) in [7, 11) is 1.94. The number of aromatic nitrogens is 1. The molecule has 0 fully saturated rings. The average molecular weight is 449 g/mol. The number of carbonyl (C=O) groups is 3. The minimum Gasteiger partial charge on any atom is -0.343 e. The molecule has 0 aliphatic carbocycles. The summed E-state index contributed by atoms with van der Waals surface area (Å²) >= 11 is 0. The highest BCUT2D eigenvalue weighted by atomic mass is 16.1. The van der Waals surface area contributed by atoms with Gasteiger partial charge in [-0.3, -0.25) is 19.4 Å². The van der Waals surface area contributed by atoms with Gasteiger partial charge >= 0.3 is 0 Å². The van der Waals surface area contributed by atoms with E-state index in [9.17, 15) is 14.4 Å². The predicted octanol–water partition coefficient (Wildman–Crippen LogP) is 5.69. The Balaban J connectivity index is 1.55. The van der Waals surface area contributed by atoms with Crippen molar-refractivity contribution in [3.05, 3.63) is 125 Å². The minimum atomic E-state index is -0.316. The van der Waals surface area contributed by atoms with E-state index in [1.54, 1.807) is 42.6 Å². The molecule has 0 unspecified atom stereocenters. The van der Waals surface area contributed by atoms with Crippen LogP contribution in [-0.4, -0.2) is 29.9 Å². The van der Waals surface area contributed by atoms with Gasteiger partial charge in [0, 0.05) is 35.0 Å². The number of rotatable bonds is 8.